The van der Waals surface area contributed by atoms with Crippen molar-refractivity contribution in [3.63, 3.8) is 0 Å². The number of hydrogen-bond donors (Lipinski definition) is 1. The van der Waals surface area contributed by atoms with Gasteiger partial charge in [-0.2, -0.15) is 5.10 Å². The molecule has 0 atom stereocenters. The Morgan fingerprint density at radius 3 is 2.57 bits per heavy atom. The first-order valence-electron chi connectivity index (χ1n) is 4.60. The summed E-state index contributed by atoms with van der Waals surface area (Å²) in [5, 5.41) is 4.18. The van der Waals surface area contributed by atoms with E-state index in [0.29, 0.717) is 5.82 Å². The number of aromatic nitrogens is 2. The number of nitrogen functional groups attached to an aromatic ring is 1. The summed E-state index contributed by atoms with van der Waals surface area (Å²) >= 11 is 0. The fourth-order valence-corrected chi connectivity index (χ4v) is 1.26. The van der Waals surface area contributed by atoms with Crippen LogP contribution in [0.4, 0.5) is 5.82 Å². The van der Waals surface area contributed by atoms with Gasteiger partial charge in [0.25, 0.3) is 0 Å². The van der Waals surface area contributed by atoms with Crippen LogP contribution in [0.25, 0.3) is 5.70 Å². The van der Waals surface area contributed by atoms with Crippen molar-refractivity contribution in [2.75, 3.05) is 5.73 Å². The topological polar surface area (TPSA) is 43.8 Å². The first-order chi connectivity index (χ1) is 6.46. The van der Waals surface area contributed by atoms with E-state index in [-0.39, 0.29) is 5.41 Å². The van der Waals surface area contributed by atoms with Crippen molar-refractivity contribution in [1.29, 1.82) is 0 Å². The number of nitrogens with two attached hydrogens (primary N) is 1. The van der Waals surface area contributed by atoms with Crippen LogP contribution >= 0.6 is 0 Å². The quantitative estimate of drug-likeness (QED) is 0.730. The van der Waals surface area contributed by atoms with Crippen LogP contribution in [-0.4, -0.2) is 9.78 Å². The molecule has 0 saturated heterocycles. The molecule has 0 unspecified atom stereocenters. The number of allylic oxidation sites excluding steroid dienone is 3. The highest BCUT2D eigenvalue weighted by molar-refractivity contribution is 5.57. The molecule has 0 aliphatic carbocycles. The van der Waals surface area contributed by atoms with Gasteiger partial charge in [0.05, 0.1) is 6.20 Å². The molecule has 0 aliphatic rings. The van der Waals surface area contributed by atoms with Crippen molar-refractivity contribution in [3.05, 3.63) is 31.0 Å². The highest BCUT2D eigenvalue weighted by atomic mass is 15.3. The largest absolute Gasteiger partial charge is 0.384 e. The van der Waals surface area contributed by atoms with Crippen LogP contribution in [0.3, 0.4) is 0 Å². The van der Waals surface area contributed by atoms with Crippen LogP contribution in [0.5, 0.6) is 0 Å². The molecule has 0 fully saturated rings. The van der Waals surface area contributed by atoms with Crippen molar-refractivity contribution >= 4 is 11.5 Å². The number of anilines is 1. The summed E-state index contributed by atoms with van der Waals surface area (Å²) in [6.07, 6.45) is 5.38. The monoisotopic (exact) mass is 191 g/mol. The van der Waals surface area contributed by atoms with Crippen molar-refractivity contribution in [2.24, 2.45) is 5.41 Å². The third-order valence-electron chi connectivity index (χ3n) is 1.94. The van der Waals surface area contributed by atoms with Gasteiger partial charge < -0.3 is 5.73 Å². The minimum Gasteiger partial charge on any atom is -0.384 e. The van der Waals surface area contributed by atoms with Crippen molar-refractivity contribution in [2.45, 2.75) is 20.8 Å². The van der Waals surface area contributed by atoms with Gasteiger partial charge in [-0.3, -0.25) is 0 Å². The molecule has 1 rings (SSSR count). The Labute approximate surface area is 84.9 Å². The summed E-state index contributed by atoms with van der Waals surface area (Å²) in [4.78, 5) is 0. The van der Waals surface area contributed by atoms with Gasteiger partial charge in [-0.25, -0.2) is 4.68 Å². The Bertz CT molecular complexity index is 353. The lowest BCUT2D eigenvalue weighted by molar-refractivity contribution is 0.529. The van der Waals surface area contributed by atoms with Crippen molar-refractivity contribution in [1.82, 2.24) is 9.78 Å². The summed E-state index contributed by atoms with van der Waals surface area (Å²) in [7, 11) is 0. The normalized spacial score (nSPS) is 12.9. The van der Waals surface area contributed by atoms with Gasteiger partial charge in [-0.1, -0.05) is 33.4 Å². The second-order valence-corrected chi connectivity index (χ2v) is 4.21. The van der Waals surface area contributed by atoms with E-state index >= 15 is 0 Å². The van der Waals surface area contributed by atoms with Gasteiger partial charge in [-0.15, -0.1) is 0 Å². The second kappa shape index (κ2) is 3.70. The Morgan fingerprint density at radius 2 is 2.21 bits per heavy atom. The molecule has 3 nitrogen and oxygen atoms in total. The number of nitrogens with zero attached hydrogens (tertiary/aromatic N) is 2. The minimum atomic E-state index is -0.00562. The minimum absolute atomic E-state index is 0.00562. The lowest BCUT2D eigenvalue weighted by Gasteiger charge is -2.23. The van der Waals surface area contributed by atoms with Gasteiger partial charge in [0.15, 0.2) is 0 Å². The lowest BCUT2D eigenvalue weighted by atomic mass is 9.91. The second-order valence-electron chi connectivity index (χ2n) is 4.21. The molecule has 0 amide bonds. The zero-order valence-corrected chi connectivity index (χ0v) is 8.99. The maximum absolute atomic E-state index is 5.79. The molecule has 2 N–H and O–H groups in total. The molecule has 0 aromatic carbocycles. The summed E-state index contributed by atoms with van der Waals surface area (Å²) in [5.41, 5.74) is 6.83. The zero-order chi connectivity index (χ0) is 10.8. The summed E-state index contributed by atoms with van der Waals surface area (Å²) in [5.74, 6) is 0.646. The van der Waals surface area contributed by atoms with E-state index in [2.05, 4.69) is 32.4 Å². The Morgan fingerprint density at radius 1 is 1.57 bits per heavy atom. The molecule has 1 aromatic rings. The third kappa shape index (κ3) is 2.05. The van der Waals surface area contributed by atoms with E-state index < -0.39 is 0 Å². The van der Waals surface area contributed by atoms with Gasteiger partial charge in [0, 0.05) is 17.2 Å². The van der Waals surface area contributed by atoms with E-state index in [0.717, 1.165) is 5.70 Å². The first kappa shape index (κ1) is 10.6. The molecular formula is C11H17N3. The standard InChI is InChI=1S/C11H17N3/c1-5-6-9(11(2,3)4)14-10(12)7-8-13-14/h5-8H,1,12H2,2-4H3/b9-6-. The zero-order valence-electron chi connectivity index (χ0n) is 8.99. The average Bonchev–Trinajstić information content (AvgIpc) is 2.45. The van der Waals surface area contributed by atoms with E-state index in [1.54, 1.807) is 23.0 Å². The average molecular weight is 191 g/mol. The summed E-state index contributed by atoms with van der Waals surface area (Å²) < 4.78 is 1.74. The third-order valence-corrected chi connectivity index (χ3v) is 1.94. The predicted octanol–water partition coefficient (Wildman–Crippen LogP) is 2.54. The smallest absolute Gasteiger partial charge is 0.126 e. The molecule has 3 heteroatoms. The molecule has 0 saturated carbocycles. The van der Waals surface area contributed by atoms with Crippen LogP contribution in [0, 0.1) is 5.41 Å². The maximum Gasteiger partial charge on any atom is 0.126 e. The molecule has 0 spiro atoms. The van der Waals surface area contributed by atoms with Gasteiger partial charge >= 0.3 is 0 Å². The Hall–Kier alpha value is -1.51. The van der Waals surface area contributed by atoms with Crippen molar-refractivity contribution < 1.29 is 0 Å². The molecule has 1 heterocycles. The van der Waals surface area contributed by atoms with Crippen LogP contribution in [0.2, 0.25) is 0 Å². The highest BCUT2D eigenvalue weighted by Crippen LogP contribution is 2.30. The van der Waals surface area contributed by atoms with E-state index in [1.807, 2.05) is 6.08 Å². The SMILES string of the molecule is C=C/C=C(\n1nccc1N)C(C)(C)C. The Kier molecular flexibility index (Phi) is 2.79. The van der Waals surface area contributed by atoms with Crippen LogP contribution in [-0.2, 0) is 0 Å². The first-order valence-corrected chi connectivity index (χ1v) is 4.60. The number of rotatable bonds is 2. The molecular weight excluding hydrogens is 174 g/mol. The molecule has 0 aliphatic heterocycles. The number of hydrogen-bond acceptors (Lipinski definition) is 2. The predicted molar refractivity (Wildman–Crippen MR) is 60.6 cm³/mol. The van der Waals surface area contributed by atoms with Gasteiger partial charge in [0.2, 0.25) is 0 Å². The highest BCUT2D eigenvalue weighted by Gasteiger charge is 2.19. The Balaban J connectivity index is 3.21. The van der Waals surface area contributed by atoms with E-state index in [4.69, 9.17) is 5.73 Å². The van der Waals surface area contributed by atoms with E-state index in [1.165, 1.54) is 0 Å². The summed E-state index contributed by atoms with van der Waals surface area (Å²) in [6.45, 7) is 10.0. The van der Waals surface area contributed by atoms with Crippen LogP contribution in [0.15, 0.2) is 31.0 Å². The molecule has 14 heavy (non-hydrogen) atoms. The van der Waals surface area contributed by atoms with Crippen molar-refractivity contribution in [3.8, 4) is 0 Å². The maximum atomic E-state index is 5.79. The van der Waals surface area contributed by atoms with Gasteiger partial charge in [-0.05, 0) is 6.08 Å². The summed E-state index contributed by atoms with van der Waals surface area (Å²) in [6, 6.07) is 1.78. The van der Waals surface area contributed by atoms with E-state index in [9.17, 15) is 0 Å². The molecule has 0 radical (unpaired) electrons. The van der Waals surface area contributed by atoms with Crippen LogP contribution in [0.1, 0.15) is 20.8 Å². The molecule has 0 bridgehead atoms. The molecule has 76 valence electrons. The van der Waals surface area contributed by atoms with Crippen LogP contribution < -0.4 is 5.73 Å². The molecule has 1 aromatic heterocycles. The fraction of sp³-hybridized carbons (Fsp3) is 0.364. The van der Waals surface area contributed by atoms with Gasteiger partial charge in [0.1, 0.15) is 5.82 Å². The lowest BCUT2D eigenvalue weighted by Crippen LogP contribution is -2.16. The fourth-order valence-electron chi connectivity index (χ4n) is 1.26.